The lowest BCUT2D eigenvalue weighted by Gasteiger charge is -1.99. The Morgan fingerprint density at radius 2 is 2.08 bits per heavy atom. The first-order chi connectivity index (χ1) is 5.68. The molecular formula is C9H10Cl2FN. The van der Waals surface area contributed by atoms with Crippen LogP contribution in [-0.4, -0.2) is 6.04 Å². The van der Waals surface area contributed by atoms with Gasteiger partial charge in [-0.1, -0.05) is 17.7 Å². The number of nitrogens with two attached hydrogens (primary N) is 1. The summed E-state index contributed by atoms with van der Waals surface area (Å²) in [7, 11) is 0. The highest BCUT2D eigenvalue weighted by molar-refractivity contribution is 6.30. The van der Waals surface area contributed by atoms with Crippen LogP contribution in [0.4, 0.5) is 4.39 Å². The van der Waals surface area contributed by atoms with E-state index in [9.17, 15) is 4.39 Å². The Labute approximate surface area is 87.5 Å². The number of hydrogen-bond acceptors (Lipinski definition) is 1. The molecule has 2 atom stereocenters. The summed E-state index contributed by atoms with van der Waals surface area (Å²) in [6, 6.07) is 5.04. The fourth-order valence-corrected chi connectivity index (χ4v) is 1.53. The summed E-state index contributed by atoms with van der Waals surface area (Å²) in [5.74, 6) is 0.0257. The standard InChI is InChI=1S/C9H9ClFN.ClH/c10-7-3-5(1-2-8(7)11)6-4-9(6)12;/h1-3,6,9H,4,12H2;1H. The molecule has 4 heteroatoms. The fraction of sp³-hybridized carbons (Fsp3) is 0.333. The SMILES string of the molecule is Cl.NC1CC1c1ccc(F)c(Cl)c1. The molecule has 2 N–H and O–H groups in total. The topological polar surface area (TPSA) is 26.0 Å². The van der Waals surface area contributed by atoms with Crippen LogP contribution in [0.1, 0.15) is 17.9 Å². The van der Waals surface area contributed by atoms with Crippen molar-refractivity contribution >= 4 is 24.0 Å². The Morgan fingerprint density at radius 3 is 2.54 bits per heavy atom. The second kappa shape index (κ2) is 3.82. The molecule has 0 radical (unpaired) electrons. The van der Waals surface area contributed by atoms with E-state index in [1.165, 1.54) is 6.07 Å². The van der Waals surface area contributed by atoms with Gasteiger partial charge in [-0.25, -0.2) is 4.39 Å². The molecule has 1 nitrogen and oxygen atoms in total. The molecule has 1 aliphatic carbocycles. The zero-order chi connectivity index (χ0) is 8.72. The summed E-state index contributed by atoms with van der Waals surface area (Å²) in [5.41, 5.74) is 6.70. The first-order valence-electron chi connectivity index (χ1n) is 3.89. The van der Waals surface area contributed by atoms with Crippen LogP contribution in [0.5, 0.6) is 0 Å². The van der Waals surface area contributed by atoms with Gasteiger partial charge in [-0.3, -0.25) is 0 Å². The van der Waals surface area contributed by atoms with Crippen molar-refractivity contribution in [3.05, 3.63) is 34.6 Å². The first kappa shape index (κ1) is 10.8. The molecule has 2 rings (SSSR count). The van der Waals surface area contributed by atoms with Crippen LogP contribution < -0.4 is 5.73 Å². The van der Waals surface area contributed by atoms with Gasteiger partial charge in [-0.15, -0.1) is 12.4 Å². The Kier molecular flexibility index (Phi) is 3.17. The third-order valence-electron chi connectivity index (χ3n) is 2.21. The van der Waals surface area contributed by atoms with Gasteiger partial charge in [0.25, 0.3) is 0 Å². The van der Waals surface area contributed by atoms with E-state index in [4.69, 9.17) is 17.3 Å². The number of rotatable bonds is 1. The molecule has 0 amide bonds. The second-order valence-electron chi connectivity index (χ2n) is 3.18. The average molecular weight is 222 g/mol. The van der Waals surface area contributed by atoms with Crippen LogP contribution in [0.25, 0.3) is 0 Å². The van der Waals surface area contributed by atoms with Gasteiger partial charge in [0.1, 0.15) is 5.82 Å². The summed E-state index contributed by atoms with van der Waals surface area (Å²) in [4.78, 5) is 0. The van der Waals surface area contributed by atoms with Crippen molar-refractivity contribution in [3.63, 3.8) is 0 Å². The smallest absolute Gasteiger partial charge is 0.141 e. The van der Waals surface area contributed by atoms with Crippen molar-refractivity contribution in [1.82, 2.24) is 0 Å². The largest absolute Gasteiger partial charge is 0.327 e. The van der Waals surface area contributed by atoms with Gasteiger partial charge in [-0.2, -0.15) is 0 Å². The highest BCUT2D eigenvalue weighted by Gasteiger charge is 2.34. The summed E-state index contributed by atoms with van der Waals surface area (Å²) < 4.78 is 12.7. The molecule has 0 saturated heterocycles. The van der Waals surface area contributed by atoms with E-state index in [1.54, 1.807) is 12.1 Å². The third kappa shape index (κ3) is 2.13. The van der Waals surface area contributed by atoms with Crippen molar-refractivity contribution < 1.29 is 4.39 Å². The van der Waals surface area contributed by atoms with E-state index in [0.29, 0.717) is 5.92 Å². The molecule has 1 saturated carbocycles. The molecule has 0 bridgehead atoms. The molecule has 1 fully saturated rings. The van der Waals surface area contributed by atoms with Gasteiger partial charge >= 0.3 is 0 Å². The van der Waals surface area contributed by atoms with Crippen LogP contribution in [-0.2, 0) is 0 Å². The van der Waals surface area contributed by atoms with Gasteiger partial charge in [0, 0.05) is 12.0 Å². The minimum atomic E-state index is -0.366. The van der Waals surface area contributed by atoms with Gasteiger partial charge in [0.15, 0.2) is 0 Å². The van der Waals surface area contributed by atoms with Gasteiger partial charge in [0.05, 0.1) is 5.02 Å². The molecule has 0 aromatic heterocycles. The van der Waals surface area contributed by atoms with Crippen LogP contribution >= 0.6 is 24.0 Å². The van der Waals surface area contributed by atoms with Gasteiger partial charge in [0.2, 0.25) is 0 Å². The molecule has 72 valence electrons. The van der Waals surface area contributed by atoms with Crippen LogP contribution in [0.15, 0.2) is 18.2 Å². The lowest BCUT2D eigenvalue weighted by atomic mass is 10.1. The lowest BCUT2D eigenvalue weighted by molar-refractivity contribution is 0.627. The number of halogens is 3. The van der Waals surface area contributed by atoms with Gasteiger partial charge < -0.3 is 5.73 Å². The minimum Gasteiger partial charge on any atom is -0.327 e. The van der Waals surface area contributed by atoms with Crippen LogP contribution in [0.3, 0.4) is 0 Å². The van der Waals surface area contributed by atoms with E-state index < -0.39 is 0 Å². The maximum Gasteiger partial charge on any atom is 0.141 e. The van der Waals surface area contributed by atoms with E-state index in [2.05, 4.69) is 0 Å². The average Bonchev–Trinajstić information content (AvgIpc) is 2.73. The first-order valence-corrected chi connectivity index (χ1v) is 4.27. The molecule has 0 heterocycles. The molecule has 0 spiro atoms. The molecule has 1 aromatic carbocycles. The van der Waals surface area contributed by atoms with Crippen molar-refractivity contribution in [1.29, 1.82) is 0 Å². The number of hydrogen-bond donors (Lipinski definition) is 1. The van der Waals surface area contributed by atoms with Crippen molar-refractivity contribution in [3.8, 4) is 0 Å². The van der Waals surface area contributed by atoms with Crippen molar-refractivity contribution in [2.45, 2.75) is 18.4 Å². The Hall–Kier alpha value is -0.310. The molecule has 1 aliphatic rings. The highest BCUT2D eigenvalue weighted by Crippen LogP contribution is 2.39. The summed E-state index contributed by atoms with van der Waals surface area (Å²) in [6.45, 7) is 0. The molecule has 13 heavy (non-hydrogen) atoms. The van der Waals surface area contributed by atoms with E-state index in [1.807, 2.05) is 0 Å². The third-order valence-corrected chi connectivity index (χ3v) is 2.50. The summed E-state index contributed by atoms with van der Waals surface area (Å²) in [5, 5.41) is 0.187. The fourth-order valence-electron chi connectivity index (χ4n) is 1.34. The van der Waals surface area contributed by atoms with Crippen LogP contribution in [0, 0.1) is 5.82 Å². The molecule has 2 unspecified atom stereocenters. The second-order valence-corrected chi connectivity index (χ2v) is 3.59. The molecule has 1 aromatic rings. The van der Waals surface area contributed by atoms with E-state index in [-0.39, 0.29) is 29.3 Å². The zero-order valence-electron chi connectivity index (χ0n) is 6.84. The van der Waals surface area contributed by atoms with Crippen molar-refractivity contribution in [2.24, 2.45) is 5.73 Å². The maximum atomic E-state index is 12.7. The maximum absolute atomic E-state index is 12.7. The zero-order valence-corrected chi connectivity index (χ0v) is 8.41. The quantitative estimate of drug-likeness (QED) is 0.776. The minimum absolute atomic E-state index is 0. The Morgan fingerprint density at radius 1 is 1.46 bits per heavy atom. The normalized spacial score (nSPS) is 25.2. The highest BCUT2D eigenvalue weighted by atomic mass is 35.5. The molecular weight excluding hydrogens is 212 g/mol. The molecule has 0 aliphatic heterocycles. The van der Waals surface area contributed by atoms with Crippen LogP contribution in [0.2, 0.25) is 5.02 Å². The monoisotopic (exact) mass is 221 g/mol. The van der Waals surface area contributed by atoms with E-state index >= 15 is 0 Å². The van der Waals surface area contributed by atoms with Crippen molar-refractivity contribution in [2.75, 3.05) is 0 Å². The lowest BCUT2D eigenvalue weighted by Crippen LogP contribution is -2.00. The van der Waals surface area contributed by atoms with E-state index in [0.717, 1.165) is 12.0 Å². The predicted octanol–water partition coefficient (Wildman–Crippen LogP) is 2.72. The summed E-state index contributed by atoms with van der Waals surface area (Å²) in [6.07, 6.45) is 0.988. The Bertz CT molecular complexity index is 316. The predicted molar refractivity (Wildman–Crippen MR) is 54.0 cm³/mol. The number of benzene rings is 1. The summed E-state index contributed by atoms with van der Waals surface area (Å²) >= 11 is 5.62. The Balaban J connectivity index is 0.000000845. The van der Waals surface area contributed by atoms with Gasteiger partial charge in [-0.05, 0) is 24.1 Å².